The Kier molecular flexibility index (Phi) is 6.70. The van der Waals surface area contributed by atoms with Crippen LogP contribution >= 0.6 is 11.3 Å². The highest BCUT2D eigenvalue weighted by atomic mass is 32.1. The molecule has 1 atom stereocenters. The Hall–Kier alpha value is -4.03. The molecule has 0 amide bonds. The summed E-state index contributed by atoms with van der Waals surface area (Å²) in [5.41, 5.74) is 1.48. The summed E-state index contributed by atoms with van der Waals surface area (Å²) in [5, 5.41) is 8.84. The van der Waals surface area contributed by atoms with Gasteiger partial charge in [0.2, 0.25) is 0 Å². The van der Waals surface area contributed by atoms with E-state index in [-0.39, 0.29) is 24.3 Å². The maximum absolute atomic E-state index is 13.6. The van der Waals surface area contributed by atoms with Crippen molar-refractivity contribution < 1.29 is 18.7 Å². The van der Waals surface area contributed by atoms with Crippen LogP contribution in [0.4, 0.5) is 4.39 Å². The zero-order valence-electron chi connectivity index (χ0n) is 18.4. The van der Waals surface area contributed by atoms with Gasteiger partial charge in [0.05, 0.1) is 28.5 Å². The summed E-state index contributed by atoms with van der Waals surface area (Å²) in [6.45, 7) is 3.42. The molecule has 0 bridgehead atoms. The van der Waals surface area contributed by atoms with Gasteiger partial charge in [0.25, 0.3) is 5.56 Å². The topological polar surface area (TPSA) is 93.7 Å². The van der Waals surface area contributed by atoms with E-state index in [0.717, 1.165) is 0 Å². The van der Waals surface area contributed by atoms with Gasteiger partial charge in [-0.15, -0.1) is 0 Å². The van der Waals surface area contributed by atoms with Gasteiger partial charge >= 0.3 is 5.97 Å². The Labute approximate surface area is 198 Å². The second kappa shape index (κ2) is 9.85. The molecule has 0 saturated heterocycles. The fourth-order valence-corrected chi connectivity index (χ4v) is 4.77. The number of nitrogens with zero attached hydrogens (tertiary/aromatic N) is 3. The minimum atomic E-state index is -0.817. The van der Waals surface area contributed by atoms with Crippen molar-refractivity contribution in [1.82, 2.24) is 4.57 Å². The van der Waals surface area contributed by atoms with E-state index in [4.69, 9.17) is 14.7 Å². The van der Waals surface area contributed by atoms with Crippen LogP contribution in [0.15, 0.2) is 69.6 Å². The number of fused-ring (bicyclic) bond motifs is 1. The Balaban J connectivity index is 1.93. The number of esters is 1. The van der Waals surface area contributed by atoms with Gasteiger partial charge in [-0.1, -0.05) is 41.7 Å². The number of benzene rings is 2. The molecule has 0 radical (unpaired) electrons. The summed E-state index contributed by atoms with van der Waals surface area (Å²) in [4.78, 5) is 31.3. The summed E-state index contributed by atoms with van der Waals surface area (Å²) in [5.74, 6) is -0.542. The SMILES string of the molecule is CCOC(=O)C1=C(C)N=c2s/c(=C\c3ccccc3OCC#N)c(=O)n2[C@H]1c1ccc(F)cc1. The van der Waals surface area contributed by atoms with E-state index in [1.807, 2.05) is 6.07 Å². The molecule has 34 heavy (non-hydrogen) atoms. The first-order valence-electron chi connectivity index (χ1n) is 10.5. The molecule has 4 rings (SSSR count). The molecule has 3 aromatic rings. The van der Waals surface area contributed by atoms with E-state index in [1.165, 1.54) is 28.0 Å². The molecule has 0 saturated carbocycles. The fraction of sp³-hybridized carbons (Fsp3) is 0.200. The van der Waals surface area contributed by atoms with Gasteiger partial charge in [-0.25, -0.2) is 14.2 Å². The molecule has 0 aliphatic carbocycles. The van der Waals surface area contributed by atoms with Crippen molar-refractivity contribution in [2.75, 3.05) is 13.2 Å². The first-order valence-corrected chi connectivity index (χ1v) is 11.3. The van der Waals surface area contributed by atoms with Crippen LogP contribution in [-0.2, 0) is 9.53 Å². The molecule has 0 spiro atoms. The number of allylic oxidation sites excluding steroid dienone is 1. The smallest absolute Gasteiger partial charge is 0.338 e. The van der Waals surface area contributed by atoms with Crippen LogP contribution < -0.4 is 19.6 Å². The highest BCUT2D eigenvalue weighted by Gasteiger charge is 2.33. The van der Waals surface area contributed by atoms with Gasteiger partial charge in [-0.3, -0.25) is 9.36 Å². The molecule has 0 N–H and O–H groups in total. The summed E-state index contributed by atoms with van der Waals surface area (Å²) in [7, 11) is 0. The Morgan fingerprint density at radius 3 is 2.71 bits per heavy atom. The van der Waals surface area contributed by atoms with Crippen molar-refractivity contribution in [3.05, 3.63) is 96.4 Å². The predicted molar refractivity (Wildman–Crippen MR) is 124 cm³/mol. The zero-order valence-corrected chi connectivity index (χ0v) is 19.3. The maximum atomic E-state index is 13.6. The van der Waals surface area contributed by atoms with E-state index in [2.05, 4.69) is 4.99 Å². The van der Waals surface area contributed by atoms with Crippen LogP contribution in [0.3, 0.4) is 0 Å². The molecule has 2 heterocycles. The Bertz CT molecular complexity index is 1500. The molecule has 7 nitrogen and oxygen atoms in total. The molecular weight excluding hydrogens is 457 g/mol. The van der Waals surface area contributed by atoms with Crippen LogP contribution in [0.1, 0.15) is 31.0 Å². The number of rotatable bonds is 6. The van der Waals surface area contributed by atoms with Crippen molar-refractivity contribution in [2.24, 2.45) is 4.99 Å². The summed E-state index contributed by atoms with van der Waals surface area (Å²) >= 11 is 1.17. The number of carbonyl (C=O) groups is 1. The van der Waals surface area contributed by atoms with Crippen LogP contribution in [0.25, 0.3) is 6.08 Å². The summed E-state index contributed by atoms with van der Waals surface area (Å²) in [6, 6.07) is 13.8. The molecule has 1 aliphatic rings. The van der Waals surface area contributed by atoms with E-state index >= 15 is 0 Å². The number of hydrogen-bond donors (Lipinski definition) is 0. The van der Waals surface area contributed by atoms with Gasteiger partial charge in [-0.2, -0.15) is 5.26 Å². The van der Waals surface area contributed by atoms with Crippen molar-refractivity contribution >= 4 is 23.4 Å². The average Bonchev–Trinajstić information content (AvgIpc) is 3.12. The average molecular weight is 478 g/mol. The number of carbonyl (C=O) groups excluding carboxylic acids is 1. The van der Waals surface area contributed by atoms with E-state index in [9.17, 15) is 14.0 Å². The summed E-state index contributed by atoms with van der Waals surface area (Å²) in [6.07, 6.45) is 1.67. The van der Waals surface area contributed by atoms with Gasteiger partial charge < -0.3 is 9.47 Å². The van der Waals surface area contributed by atoms with E-state index in [1.54, 1.807) is 56.3 Å². The quantitative estimate of drug-likeness (QED) is 0.509. The normalized spacial score (nSPS) is 15.4. The largest absolute Gasteiger partial charge is 0.478 e. The highest BCUT2D eigenvalue weighted by molar-refractivity contribution is 7.07. The third kappa shape index (κ3) is 4.40. The monoisotopic (exact) mass is 477 g/mol. The molecule has 9 heteroatoms. The predicted octanol–water partition coefficient (Wildman–Crippen LogP) is 2.84. The molecule has 0 fully saturated rings. The molecular formula is C25H20FN3O4S. The van der Waals surface area contributed by atoms with Crippen molar-refractivity contribution in [3.63, 3.8) is 0 Å². The number of hydrogen-bond acceptors (Lipinski definition) is 7. The number of ether oxygens (including phenoxy) is 2. The number of nitriles is 1. The Morgan fingerprint density at radius 2 is 2.00 bits per heavy atom. The lowest BCUT2D eigenvalue weighted by Crippen LogP contribution is -2.39. The standard InChI is InChI=1S/C25H20FN3O4S/c1-3-32-24(31)21-15(2)28-25-29(22(21)16-8-10-18(26)11-9-16)23(30)20(34-25)14-17-6-4-5-7-19(17)33-13-12-27/h4-11,14,22H,3,13H2,1-2H3/b20-14-/t22-/m0/s1. The van der Waals surface area contributed by atoms with Crippen molar-refractivity contribution in [2.45, 2.75) is 19.9 Å². The van der Waals surface area contributed by atoms with Gasteiger partial charge in [0.15, 0.2) is 11.4 Å². The van der Waals surface area contributed by atoms with Crippen LogP contribution in [0.2, 0.25) is 0 Å². The van der Waals surface area contributed by atoms with Crippen molar-refractivity contribution in [1.29, 1.82) is 5.26 Å². The lowest BCUT2D eigenvalue weighted by molar-refractivity contribution is -0.139. The van der Waals surface area contributed by atoms with Crippen LogP contribution in [-0.4, -0.2) is 23.8 Å². The fourth-order valence-electron chi connectivity index (χ4n) is 3.73. The lowest BCUT2D eigenvalue weighted by atomic mass is 9.96. The molecule has 2 aromatic carbocycles. The highest BCUT2D eigenvalue weighted by Crippen LogP contribution is 2.30. The molecule has 1 aromatic heterocycles. The molecule has 1 aliphatic heterocycles. The van der Waals surface area contributed by atoms with Crippen LogP contribution in [0, 0.1) is 17.1 Å². The summed E-state index contributed by atoms with van der Waals surface area (Å²) < 4.78 is 26.1. The second-order valence-corrected chi connectivity index (χ2v) is 8.35. The van der Waals surface area contributed by atoms with Crippen LogP contribution in [0.5, 0.6) is 5.75 Å². The third-order valence-corrected chi connectivity index (χ3v) is 6.18. The van der Waals surface area contributed by atoms with Gasteiger partial charge in [0.1, 0.15) is 17.6 Å². The Morgan fingerprint density at radius 1 is 1.26 bits per heavy atom. The van der Waals surface area contributed by atoms with Crippen molar-refractivity contribution in [3.8, 4) is 11.8 Å². The van der Waals surface area contributed by atoms with Gasteiger partial charge in [0, 0.05) is 5.56 Å². The maximum Gasteiger partial charge on any atom is 0.338 e. The number of para-hydroxylation sites is 1. The number of thiazole rings is 1. The minimum Gasteiger partial charge on any atom is -0.478 e. The zero-order chi connectivity index (χ0) is 24.2. The number of aromatic nitrogens is 1. The van der Waals surface area contributed by atoms with E-state index in [0.29, 0.717) is 31.9 Å². The lowest BCUT2D eigenvalue weighted by Gasteiger charge is -2.24. The first-order chi connectivity index (χ1) is 16.4. The first kappa shape index (κ1) is 23.1. The second-order valence-electron chi connectivity index (χ2n) is 7.34. The molecule has 172 valence electrons. The molecule has 0 unspecified atom stereocenters. The van der Waals surface area contributed by atoms with Gasteiger partial charge in [-0.05, 0) is 43.7 Å². The van der Waals surface area contributed by atoms with E-state index < -0.39 is 17.8 Å². The number of halogens is 1. The third-order valence-electron chi connectivity index (χ3n) is 5.20. The minimum absolute atomic E-state index is 0.126.